The zero-order chi connectivity index (χ0) is 18.2. The van der Waals surface area contributed by atoms with Crippen molar-refractivity contribution in [2.24, 2.45) is 0 Å². The average Bonchev–Trinajstić information content (AvgIpc) is 2.61. The van der Waals surface area contributed by atoms with Gasteiger partial charge >= 0.3 is 5.97 Å². The maximum atomic E-state index is 12.7. The number of hydrogen-bond donors (Lipinski definition) is 0. The molecule has 0 bridgehead atoms. The van der Waals surface area contributed by atoms with Crippen LogP contribution in [0, 0.1) is 10.1 Å². The summed E-state index contributed by atoms with van der Waals surface area (Å²) in [5, 5.41) is 10.7. The third-order valence-corrected chi connectivity index (χ3v) is 3.45. The van der Waals surface area contributed by atoms with Crippen molar-refractivity contribution in [3.63, 3.8) is 0 Å². The first-order chi connectivity index (χ1) is 12.0. The van der Waals surface area contributed by atoms with Crippen LogP contribution < -0.4 is 0 Å². The van der Waals surface area contributed by atoms with E-state index in [9.17, 15) is 19.7 Å². The summed E-state index contributed by atoms with van der Waals surface area (Å²) in [7, 11) is 0. The van der Waals surface area contributed by atoms with E-state index in [1.165, 1.54) is 29.2 Å². The maximum Gasteiger partial charge on any atom is 0.325 e. The van der Waals surface area contributed by atoms with Crippen LogP contribution in [0.15, 0.2) is 54.6 Å². The van der Waals surface area contributed by atoms with Gasteiger partial charge in [-0.15, -0.1) is 0 Å². The van der Waals surface area contributed by atoms with Crippen LogP contribution in [-0.2, 0) is 16.1 Å². The normalized spacial score (nSPS) is 10.1. The Hall–Kier alpha value is -3.22. The fraction of sp³-hybridized carbons (Fsp3) is 0.222. The number of amides is 1. The van der Waals surface area contributed by atoms with Crippen LogP contribution in [0.5, 0.6) is 0 Å². The molecule has 0 aliphatic rings. The highest BCUT2D eigenvalue weighted by molar-refractivity contribution is 5.96. The van der Waals surface area contributed by atoms with Gasteiger partial charge in [0.15, 0.2) is 0 Å². The second-order valence-corrected chi connectivity index (χ2v) is 5.26. The number of esters is 1. The number of rotatable bonds is 7. The van der Waals surface area contributed by atoms with Crippen molar-refractivity contribution in [3.05, 3.63) is 75.8 Å². The van der Waals surface area contributed by atoms with Gasteiger partial charge in [-0.05, 0) is 24.6 Å². The molecule has 0 aliphatic carbocycles. The lowest BCUT2D eigenvalue weighted by Gasteiger charge is -2.22. The number of ether oxygens (including phenoxy) is 1. The first-order valence-corrected chi connectivity index (χ1v) is 7.74. The Balaban J connectivity index is 2.21. The Morgan fingerprint density at radius 2 is 1.72 bits per heavy atom. The lowest BCUT2D eigenvalue weighted by Crippen LogP contribution is -2.36. The maximum absolute atomic E-state index is 12.7. The monoisotopic (exact) mass is 342 g/mol. The van der Waals surface area contributed by atoms with E-state index in [1.54, 1.807) is 6.92 Å². The number of nitro groups is 1. The smallest absolute Gasteiger partial charge is 0.325 e. The molecule has 0 spiro atoms. The van der Waals surface area contributed by atoms with Gasteiger partial charge in [-0.3, -0.25) is 19.7 Å². The van der Waals surface area contributed by atoms with Crippen molar-refractivity contribution < 1.29 is 19.2 Å². The first-order valence-electron chi connectivity index (χ1n) is 7.74. The molecule has 7 heteroatoms. The van der Waals surface area contributed by atoms with Gasteiger partial charge < -0.3 is 9.64 Å². The van der Waals surface area contributed by atoms with E-state index in [2.05, 4.69) is 0 Å². The SMILES string of the molecule is CCOC(=O)CN(Cc1ccccc1)C(=O)c1ccc([N+](=O)[O-])cc1. The Labute approximate surface area is 145 Å². The molecule has 0 radical (unpaired) electrons. The number of nitrogens with zero attached hydrogens (tertiary/aromatic N) is 2. The van der Waals surface area contributed by atoms with Gasteiger partial charge in [0.1, 0.15) is 6.54 Å². The molecule has 0 heterocycles. The predicted molar refractivity (Wildman–Crippen MR) is 90.9 cm³/mol. The van der Waals surface area contributed by atoms with Gasteiger partial charge in [0.2, 0.25) is 0 Å². The molecule has 1 amide bonds. The van der Waals surface area contributed by atoms with Gasteiger partial charge in [0.05, 0.1) is 11.5 Å². The molecule has 130 valence electrons. The molecule has 0 saturated heterocycles. The minimum Gasteiger partial charge on any atom is -0.465 e. The number of carbonyl (C=O) groups excluding carboxylic acids is 2. The number of nitro benzene ring substituents is 1. The van der Waals surface area contributed by atoms with Gasteiger partial charge in [0.25, 0.3) is 11.6 Å². The van der Waals surface area contributed by atoms with Gasteiger partial charge in [-0.25, -0.2) is 0 Å². The van der Waals surface area contributed by atoms with Crippen molar-refractivity contribution in [1.82, 2.24) is 4.90 Å². The largest absolute Gasteiger partial charge is 0.465 e. The molecule has 0 unspecified atom stereocenters. The molecule has 2 aromatic rings. The number of non-ortho nitro benzene ring substituents is 1. The first kappa shape index (κ1) is 18.1. The molecule has 0 saturated carbocycles. The minimum atomic E-state index is -0.533. The highest BCUT2D eigenvalue weighted by Gasteiger charge is 2.20. The van der Waals surface area contributed by atoms with Crippen LogP contribution in [0.25, 0.3) is 0 Å². The fourth-order valence-corrected chi connectivity index (χ4v) is 2.27. The van der Waals surface area contributed by atoms with E-state index in [1.807, 2.05) is 30.3 Å². The Morgan fingerprint density at radius 3 is 2.28 bits per heavy atom. The summed E-state index contributed by atoms with van der Waals surface area (Å²) in [4.78, 5) is 36.1. The van der Waals surface area contributed by atoms with Crippen LogP contribution in [0.1, 0.15) is 22.8 Å². The van der Waals surface area contributed by atoms with E-state index in [4.69, 9.17) is 4.74 Å². The summed E-state index contributed by atoms with van der Waals surface area (Å²) in [6.45, 7) is 1.95. The van der Waals surface area contributed by atoms with Gasteiger partial charge in [-0.2, -0.15) is 0 Å². The summed E-state index contributed by atoms with van der Waals surface area (Å²) in [6, 6.07) is 14.5. The molecular weight excluding hydrogens is 324 g/mol. The fourth-order valence-electron chi connectivity index (χ4n) is 2.27. The molecule has 2 aromatic carbocycles. The lowest BCUT2D eigenvalue weighted by molar-refractivity contribution is -0.384. The van der Waals surface area contributed by atoms with Crippen LogP contribution >= 0.6 is 0 Å². The van der Waals surface area contributed by atoms with Crippen LogP contribution in [0.3, 0.4) is 0 Å². The molecular formula is C18H18N2O5. The highest BCUT2D eigenvalue weighted by Crippen LogP contribution is 2.15. The summed E-state index contributed by atoms with van der Waals surface area (Å²) in [5.74, 6) is -0.902. The van der Waals surface area contributed by atoms with Crippen molar-refractivity contribution in [3.8, 4) is 0 Å². The molecule has 0 fully saturated rings. The number of benzene rings is 2. The van der Waals surface area contributed by atoms with Crippen molar-refractivity contribution in [1.29, 1.82) is 0 Å². The van der Waals surface area contributed by atoms with E-state index in [0.29, 0.717) is 0 Å². The second kappa shape index (κ2) is 8.58. The Kier molecular flexibility index (Phi) is 6.22. The molecule has 0 N–H and O–H groups in total. The molecule has 25 heavy (non-hydrogen) atoms. The zero-order valence-electron chi connectivity index (χ0n) is 13.8. The van der Waals surface area contributed by atoms with Crippen LogP contribution in [0.2, 0.25) is 0 Å². The van der Waals surface area contributed by atoms with Crippen molar-refractivity contribution >= 4 is 17.6 Å². The molecule has 0 atom stereocenters. The van der Waals surface area contributed by atoms with E-state index in [-0.39, 0.29) is 30.9 Å². The average molecular weight is 342 g/mol. The standard InChI is InChI=1S/C18H18N2O5/c1-2-25-17(21)13-19(12-14-6-4-3-5-7-14)18(22)15-8-10-16(11-9-15)20(23)24/h3-11H,2,12-13H2,1H3. The quantitative estimate of drug-likeness (QED) is 0.438. The topological polar surface area (TPSA) is 89.8 Å². The summed E-state index contributed by atoms with van der Waals surface area (Å²) in [6.07, 6.45) is 0. The van der Waals surface area contributed by atoms with Gasteiger partial charge in [0, 0.05) is 24.2 Å². The highest BCUT2D eigenvalue weighted by atomic mass is 16.6. The third kappa shape index (κ3) is 5.13. The molecule has 0 aliphatic heterocycles. The van der Waals surface area contributed by atoms with Gasteiger partial charge in [-0.1, -0.05) is 30.3 Å². The molecule has 2 rings (SSSR count). The molecule has 0 aromatic heterocycles. The van der Waals surface area contributed by atoms with Crippen LogP contribution in [-0.4, -0.2) is 34.9 Å². The minimum absolute atomic E-state index is 0.100. The number of carbonyl (C=O) groups is 2. The summed E-state index contributed by atoms with van der Waals surface area (Å²) >= 11 is 0. The Morgan fingerprint density at radius 1 is 1.08 bits per heavy atom. The lowest BCUT2D eigenvalue weighted by atomic mass is 10.1. The van der Waals surface area contributed by atoms with Crippen LogP contribution in [0.4, 0.5) is 5.69 Å². The van der Waals surface area contributed by atoms with Crippen molar-refractivity contribution in [2.75, 3.05) is 13.2 Å². The van der Waals surface area contributed by atoms with E-state index < -0.39 is 16.8 Å². The van der Waals surface area contributed by atoms with E-state index in [0.717, 1.165) is 5.56 Å². The summed E-state index contributed by atoms with van der Waals surface area (Å²) < 4.78 is 4.92. The zero-order valence-corrected chi connectivity index (χ0v) is 13.8. The predicted octanol–water partition coefficient (Wildman–Crippen LogP) is 2.80. The molecule has 7 nitrogen and oxygen atoms in total. The second-order valence-electron chi connectivity index (χ2n) is 5.26. The third-order valence-electron chi connectivity index (χ3n) is 3.45. The number of hydrogen-bond acceptors (Lipinski definition) is 5. The Bertz CT molecular complexity index is 744. The van der Waals surface area contributed by atoms with Crippen molar-refractivity contribution in [2.45, 2.75) is 13.5 Å². The summed E-state index contributed by atoms with van der Waals surface area (Å²) in [5.41, 5.74) is 1.03. The van der Waals surface area contributed by atoms with E-state index >= 15 is 0 Å².